The molecule has 0 N–H and O–H groups in total. The summed E-state index contributed by atoms with van der Waals surface area (Å²) in [6, 6.07) is 17.4. The Morgan fingerprint density at radius 1 is 0.971 bits per heavy atom. The van der Waals surface area contributed by atoms with E-state index in [0.29, 0.717) is 47.9 Å². The van der Waals surface area contributed by atoms with E-state index in [1.54, 1.807) is 36.6 Å². The molecule has 2 aromatic carbocycles. The van der Waals surface area contributed by atoms with E-state index in [0.717, 1.165) is 11.4 Å². The summed E-state index contributed by atoms with van der Waals surface area (Å²) >= 11 is 7.40. The summed E-state index contributed by atoms with van der Waals surface area (Å²) in [7, 11) is 0. The number of halogens is 2. The molecule has 1 saturated heterocycles. The molecular weight excluding hydrogens is 477 g/mol. The Bertz CT molecular complexity index is 1250. The van der Waals surface area contributed by atoms with Gasteiger partial charge < -0.3 is 14.2 Å². The zero-order valence-electron chi connectivity index (χ0n) is 18.1. The van der Waals surface area contributed by atoms with E-state index in [1.807, 2.05) is 27.7 Å². The minimum atomic E-state index is -0.253. The normalized spacial score (nSPS) is 13.9. The molecule has 1 amide bonds. The van der Waals surface area contributed by atoms with Crippen molar-refractivity contribution in [1.29, 1.82) is 0 Å². The fourth-order valence-electron chi connectivity index (χ4n) is 3.84. The van der Waals surface area contributed by atoms with E-state index in [1.165, 1.54) is 23.9 Å². The molecule has 1 aliphatic heterocycles. The zero-order valence-corrected chi connectivity index (χ0v) is 19.7. The van der Waals surface area contributed by atoms with Gasteiger partial charge in [0.2, 0.25) is 11.7 Å². The van der Waals surface area contributed by atoms with Crippen LogP contribution in [0.5, 0.6) is 0 Å². The van der Waals surface area contributed by atoms with Gasteiger partial charge in [-0.1, -0.05) is 23.4 Å². The van der Waals surface area contributed by atoms with Gasteiger partial charge in [0.25, 0.3) is 0 Å². The average Bonchev–Trinajstić information content (AvgIpc) is 3.54. The lowest BCUT2D eigenvalue weighted by Crippen LogP contribution is -2.49. The highest BCUT2D eigenvalue weighted by Gasteiger charge is 2.23. The number of piperazine rings is 1. The van der Waals surface area contributed by atoms with Crippen molar-refractivity contribution in [3.8, 4) is 17.3 Å². The second-order valence-electron chi connectivity index (χ2n) is 7.73. The first-order valence-corrected chi connectivity index (χ1v) is 12.1. The van der Waals surface area contributed by atoms with Gasteiger partial charge in [-0.3, -0.25) is 9.36 Å². The third kappa shape index (κ3) is 4.80. The number of carbonyl (C=O) groups is 1. The van der Waals surface area contributed by atoms with Crippen molar-refractivity contribution < 1.29 is 13.6 Å². The number of aromatic nitrogens is 3. The summed E-state index contributed by atoms with van der Waals surface area (Å²) in [6.45, 7) is 2.62. The van der Waals surface area contributed by atoms with Crippen LogP contribution in [0, 0.1) is 5.82 Å². The molecule has 0 unspecified atom stereocenters. The van der Waals surface area contributed by atoms with Crippen LogP contribution in [0.3, 0.4) is 0 Å². The molecule has 10 heteroatoms. The number of hydrogen-bond acceptors (Lipinski definition) is 6. The maximum Gasteiger partial charge on any atom is 0.233 e. The van der Waals surface area contributed by atoms with Gasteiger partial charge in [0.15, 0.2) is 10.9 Å². The van der Waals surface area contributed by atoms with Crippen LogP contribution in [0.1, 0.15) is 0 Å². The van der Waals surface area contributed by atoms with Crippen LogP contribution in [-0.2, 0) is 4.79 Å². The van der Waals surface area contributed by atoms with Crippen LogP contribution in [-0.4, -0.2) is 57.5 Å². The minimum Gasteiger partial charge on any atom is -0.461 e. The molecule has 0 atom stereocenters. The SMILES string of the molecule is O=C(CSc1nnc(-c2ccco2)n1-c1ccc(Cl)cc1)N1CCN(c2ccc(F)cc2)CC1. The molecule has 0 bridgehead atoms. The highest BCUT2D eigenvalue weighted by atomic mass is 35.5. The van der Waals surface area contributed by atoms with E-state index in [-0.39, 0.29) is 17.5 Å². The third-order valence-electron chi connectivity index (χ3n) is 5.61. The van der Waals surface area contributed by atoms with Crippen molar-refractivity contribution in [3.05, 3.63) is 77.8 Å². The van der Waals surface area contributed by atoms with Crippen LogP contribution < -0.4 is 4.90 Å². The predicted octanol–water partition coefficient (Wildman–Crippen LogP) is 4.76. The largest absolute Gasteiger partial charge is 0.461 e. The van der Waals surface area contributed by atoms with Crippen molar-refractivity contribution in [2.75, 3.05) is 36.8 Å². The second kappa shape index (κ2) is 9.90. The molecule has 0 saturated carbocycles. The fourth-order valence-corrected chi connectivity index (χ4v) is 4.82. The molecule has 174 valence electrons. The Labute approximate surface area is 205 Å². The van der Waals surface area contributed by atoms with E-state index in [4.69, 9.17) is 16.0 Å². The smallest absolute Gasteiger partial charge is 0.233 e. The van der Waals surface area contributed by atoms with Crippen LogP contribution in [0.4, 0.5) is 10.1 Å². The number of benzene rings is 2. The first-order valence-electron chi connectivity index (χ1n) is 10.7. The number of nitrogens with zero attached hydrogens (tertiary/aromatic N) is 5. The number of amides is 1. The molecule has 0 radical (unpaired) electrons. The molecule has 34 heavy (non-hydrogen) atoms. The summed E-state index contributed by atoms with van der Waals surface area (Å²) < 4.78 is 20.6. The second-order valence-corrected chi connectivity index (χ2v) is 9.11. The van der Waals surface area contributed by atoms with Crippen LogP contribution >= 0.6 is 23.4 Å². The Morgan fingerprint density at radius 3 is 2.35 bits per heavy atom. The quantitative estimate of drug-likeness (QED) is 0.358. The highest BCUT2D eigenvalue weighted by molar-refractivity contribution is 7.99. The maximum absolute atomic E-state index is 13.2. The first kappa shape index (κ1) is 22.5. The van der Waals surface area contributed by atoms with E-state index >= 15 is 0 Å². The van der Waals surface area contributed by atoms with Crippen molar-refractivity contribution in [3.63, 3.8) is 0 Å². The maximum atomic E-state index is 13.2. The third-order valence-corrected chi connectivity index (χ3v) is 6.77. The van der Waals surface area contributed by atoms with Gasteiger partial charge in [-0.05, 0) is 60.7 Å². The van der Waals surface area contributed by atoms with E-state index in [2.05, 4.69) is 15.1 Å². The lowest BCUT2D eigenvalue weighted by atomic mass is 10.2. The molecule has 2 aromatic heterocycles. The summed E-state index contributed by atoms with van der Waals surface area (Å²) in [5.74, 6) is 1.15. The predicted molar refractivity (Wildman–Crippen MR) is 130 cm³/mol. The molecule has 1 fully saturated rings. The summed E-state index contributed by atoms with van der Waals surface area (Å²) in [4.78, 5) is 16.9. The van der Waals surface area contributed by atoms with E-state index in [9.17, 15) is 9.18 Å². The van der Waals surface area contributed by atoms with Crippen molar-refractivity contribution in [1.82, 2.24) is 19.7 Å². The average molecular weight is 498 g/mol. The van der Waals surface area contributed by atoms with Gasteiger partial charge in [-0.2, -0.15) is 0 Å². The molecule has 5 rings (SSSR count). The topological polar surface area (TPSA) is 67.4 Å². The van der Waals surface area contributed by atoms with Crippen LogP contribution in [0.2, 0.25) is 5.02 Å². The van der Waals surface area contributed by atoms with Gasteiger partial charge in [-0.25, -0.2) is 4.39 Å². The van der Waals surface area contributed by atoms with Gasteiger partial charge in [0.1, 0.15) is 5.82 Å². The Morgan fingerprint density at radius 2 is 1.68 bits per heavy atom. The van der Waals surface area contributed by atoms with Crippen molar-refractivity contribution in [2.45, 2.75) is 5.16 Å². The number of furan rings is 1. The number of carbonyl (C=O) groups excluding carboxylic acids is 1. The van der Waals surface area contributed by atoms with Gasteiger partial charge in [0.05, 0.1) is 12.0 Å². The standard InChI is InChI=1S/C24H21ClFN5O2S/c25-17-3-7-20(8-4-17)31-23(21-2-1-15-33-21)27-28-24(31)34-16-22(32)30-13-11-29(12-14-30)19-9-5-18(26)6-10-19/h1-10,15H,11-14,16H2. The monoisotopic (exact) mass is 497 g/mol. The Hall–Kier alpha value is -3.30. The van der Waals surface area contributed by atoms with Crippen molar-refractivity contribution in [2.24, 2.45) is 0 Å². The molecule has 1 aliphatic rings. The summed E-state index contributed by atoms with van der Waals surface area (Å²) in [6.07, 6.45) is 1.58. The minimum absolute atomic E-state index is 0.0361. The van der Waals surface area contributed by atoms with Gasteiger partial charge in [-0.15, -0.1) is 10.2 Å². The van der Waals surface area contributed by atoms with Gasteiger partial charge >= 0.3 is 0 Å². The number of rotatable bonds is 6. The fraction of sp³-hybridized carbons (Fsp3) is 0.208. The Balaban J connectivity index is 1.26. The van der Waals surface area contributed by atoms with Crippen LogP contribution in [0.25, 0.3) is 17.3 Å². The van der Waals surface area contributed by atoms with Crippen LogP contribution in [0.15, 0.2) is 76.5 Å². The summed E-state index contributed by atoms with van der Waals surface area (Å²) in [5.41, 5.74) is 1.79. The highest BCUT2D eigenvalue weighted by Crippen LogP contribution is 2.29. The summed E-state index contributed by atoms with van der Waals surface area (Å²) in [5, 5.41) is 9.84. The molecule has 0 spiro atoms. The first-order chi connectivity index (χ1) is 16.6. The molecular formula is C24H21ClFN5O2S. The zero-order chi connectivity index (χ0) is 23.5. The lowest BCUT2D eigenvalue weighted by molar-refractivity contribution is -0.128. The van der Waals surface area contributed by atoms with E-state index < -0.39 is 0 Å². The number of hydrogen-bond donors (Lipinski definition) is 0. The molecule has 7 nitrogen and oxygen atoms in total. The lowest BCUT2D eigenvalue weighted by Gasteiger charge is -2.36. The Kier molecular flexibility index (Phi) is 6.55. The molecule has 0 aliphatic carbocycles. The molecule has 4 aromatic rings. The number of anilines is 1. The van der Waals surface area contributed by atoms with Crippen molar-refractivity contribution >= 4 is 35.0 Å². The number of thioether (sulfide) groups is 1. The van der Waals surface area contributed by atoms with Gasteiger partial charge in [0, 0.05) is 42.6 Å². The molecule has 3 heterocycles.